The summed E-state index contributed by atoms with van der Waals surface area (Å²) in [5.41, 5.74) is 1.29. The molecule has 0 amide bonds. The molecule has 2 aliphatic carbocycles. The second kappa shape index (κ2) is 11.9. The van der Waals surface area contributed by atoms with Crippen molar-refractivity contribution in [1.29, 1.82) is 0 Å². The number of rotatable bonds is 12. The molecule has 2 atom stereocenters. The van der Waals surface area contributed by atoms with Crippen LogP contribution in [0.25, 0.3) is 0 Å². The first-order valence-electron chi connectivity index (χ1n) is 11.7. The molecule has 2 fully saturated rings. The minimum absolute atomic E-state index is 0.241. The number of carbonyl (C=O) groups excluding carboxylic acids is 2. The molecule has 2 aliphatic rings. The zero-order valence-corrected chi connectivity index (χ0v) is 18.2. The van der Waals surface area contributed by atoms with Gasteiger partial charge in [0.05, 0.1) is 13.2 Å². The van der Waals surface area contributed by atoms with Gasteiger partial charge in [-0.3, -0.25) is 4.79 Å². The first-order chi connectivity index (χ1) is 14.7. The Hall–Kier alpha value is -2.10. The molecule has 0 heterocycles. The maximum absolute atomic E-state index is 12.9. The van der Waals surface area contributed by atoms with E-state index in [-0.39, 0.29) is 11.9 Å². The smallest absolute Gasteiger partial charge is 0.330 e. The first kappa shape index (κ1) is 22.6. The second-order valence-corrected chi connectivity index (χ2v) is 8.73. The standard InChI is InChI=1S/C26H36O4/c1-2-25(27)30-19-9-4-3-8-18-29-22-14-12-20(13-15-22)23-16-17-24(23)26(28)21-10-6-5-7-11-21/h2,12-15,21,23-24H,1,3-11,16-19H2. The fourth-order valence-electron chi connectivity index (χ4n) is 4.72. The van der Waals surface area contributed by atoms with Crippen molar-refractivity contribution in [3.8, 4) is 5.75 Å². The van der Waals surface area contributed by atoms with Gasteiger partial charge in [-0.25, -0.2) is 4.79 Å². The number of esters is 1. The predicted molar refractivity (Wildman–Crippen MR) is 119 cm³/mol. The van der Waals surface area contributed by atoms with Gasteiger partial charge >= 0.3 is 5.97 Å². The van der Waals surface area contributed by atoms with Crippen molar-refractivity contribution in [3.05, 3.63) is 42.5 Å². The number of hydrogen-bond acceptors (Lipinski definition) is 4. The van der Waals surface area contributed by atoms with Crippen molar-refractivity contribution in [2.75, 3.05) is 13.2 Å². The molecule has 0 spiro atoms. The molecule has 1 aromatic carbocycles. The molecule has 2 saturated carbocycles. The summed E-state index contributed by atoms with van der Waals surface area (Å²) < 4.78 is 10.8. The molecule has 0 aromatic heterocycles. The number of ketones is 1. The van der Waals surface area contributed by atoms with Crippen LogP contribution >= 0.6 is 0 Å². The quantitative estimate of drug-likeness (QED) is 0.240. The van der Waals surface area contributed by atoms with Crippen LogP contribution in [0.3, 0.4) is 0 Å². The van der Waals surface area contributed by atoms with Gasteiger partial charge in [0.15, 0.2) is 0 Å². The maximum atomic E-state index is 12.9. The topological polar surface area (TPSA) is 52.6 Å². The Morgan fingerprint density at radius 3 is 2.23 bits per heavy atom. The van der Waals surface area contributed by atoms with Gasteiger partial charge in [-0.2, -0.15) is 0 Å². The number of benzene rings is 1. The van der Waals surface area contributed by atoms with E-state index in [0.29, 0.717) is 30.8 Å². The Balaban J connectivity index is 1.33. The third kappa shape index (κ3) is 6.45. The lowest BCUT2D eigenvalue weighted by molar-refractivity contribution is -0.137. The number of Topliss-reactive ketones (excluding diaryl/α,β-unsaturated/α-hetero) is 1. The fourth-order valence-corrected chi connectivity index (χ4v) is 4.72. The zero-order valence-electron chi connectivity index (χ0n) is 18.2. The summed E-state index contributed by atoms with van der Waals surface area (Å²) in [6.07, 6.45) is 13.3. The summed E-state index contributed by atoms with van der Waals surface area (Å²) in [5.74, 6) is 2.05. The molecule has 4 nitrogen and oxygen atoms in total. The molecule has 1 aromatic rings. The van der Waals surface area contributed by atoms with Crippen LogP contribution < -0.4 is 4.74 Å². The van der Waals surface area contributed by atoms with Crippen molar-refractivity contribution in [2.24, 2.45) is 11.8 Å². The van der Waals surface area contributed by atoms with E-state index in [2.05, 4.69) is 18.7 Å². The minimum Gasteiger partial charge on any atom is -0.494 e. The summed E-state index contributed by atoms with van der Waals surface area (Å²) in [4.78, 5) is 23.8. The third-order valence-electron chi connectivity index (χ3n) is 6.67. The summed E-state index contributed by atoms with van der Waals surface area (Å²) in [5, 5.41) is 0. The zero-order chi connectivity index (χ0) is 21.2. The van der Waals surface area contributed by atoms with Gasteiger partial charge in [-0.15, -0.1) is 0 Å². The van der Waals surface area contributed by atoms with E-state index in [1.54, 1.807) is 0 Å². The van der Waals surface area contributed by atoms with Crippen molar-refractivity contribution in [2.45, 2.75) is 76.5 Å². The molecule has 0 aliphatic heterocycles. The predicted octanol–water partition coefficient (Wildman–Crippen LogP) is 6.00. The monoisotopic (exact) mass is 412 g/mol. The molecule has 2 unspecified atom stereocenters. The Kier molecular flexibility index (Phi) is 8.98. The highest BCUT2D eigenvalue weighted by Gasteiger charge is 2.40. The minimum atomic E-state index is -0.353. The lowest BCUT2D eigenvalue weighted by Crippen LogP contribution is -2.36. The molecule has 3 rings (SSSR count). The van der Waals surface area contributed by atoms with Crippen LogP contribution in [0.2, 0.25) is 0 Å². The lowest BCUT2D eigenvalue weighted by Gasteiger charge is -2.38. The van der Waals surface area contributed by atoms with Gasteiger partial charge in [0.1, 0.15) is 11.5 Å². The summed E-state index contributed by atoms with van der Waals surface area (Å²) in [6.45, 7) is 4.53. The first-order valence-corrected chi connectivity index (χ1v) is 11.7. The fraction of sp³-hybridized carbons (Fsp3) is 0.615. The average molecular weight is 413 g/mol. The molecular weight excluding hydrogens is 376 g/mol. The Bertz CT molecular complexity index is 687. The second-order valence-electron chi connectivity index (χ2n) is 8.73. The molecular formula is C26H36O4. The average Bonchev–Trinajstić information content (AvgIpc) is 2.76. The lowest BCUT2D eigenvalue weighted by atomic mass is 9.64. The van der Waals surface area contributed by atoms with E-state index >= 15 is 0 Å². The number of unbranched alkanes of at least 4 members (excludes halogenated alkanes) is 3. The van der Waals surface area contributed by atoms with Gasteiger partial charge in [0.2, 0.25) is 0 Å². The van der Waals surface area contributed by atoms with Gasteiger partial charge in [0.25, 0.3) is 0 Å². The van der Waals surface area contributed by atoms with E-state index in [1.807, 2.05) is 12.1 Å². The Morgan fingerprint density at radius 1 is 0.900 bits per heavy atom. The molecule has 0 radical (unpaired) electrons. The molecule has 30 heavy (non-hydrogen) atoms. The maximum Gasteiger partial charge on any atom is 0.330 e. The SMILES string of the molecule is C=CC(=O)OCCCCCCOc1ccc(C2CCC2C(=O)C2CCCCC2)cc1. The van der Waals surface area contributed by atoms with Crippen LogP contribution in [0.5, 0.6) is 5.75 Å². The van der Waals surface area contributed by atoms with Gasteiger partial charge < -0.3 is 9.47 Å². The van der Waals surface area contributed by atoms with Crippen molar-refractivity contribution in [1.82, 2.24) is 0 Å². The third-order valence-corrected chi connectivity index (χ3v) is 6.67. The summed E-state index contributed by atoms with van der Waals surface area (Å²) in [7, 11) is 0. The van der Waals surface area contributed by atoms with Crippen molar-refractivity contribution >= 4 is 11.8 Å². The largest absolute Gasteiger partial charge is 0.494 e. The van der Waals surface area contributed by atoms with E-state index < -0.39 is 0 Å². The molecule has 164 valence electrons. The highest BCUT2D eigenvalue weighted by molar-refractivity contribution is 5.85. The van der Waals surface area contributed by atoms with E-state index in [4.69, 9.17) is 9.47 Å². The van der Waals surface area contributed by atoms with E-state index in [0.717, 1.165) is 57.1 Å². The van der Waals surface area contributed by atoms with Crippen LogP contribution in [0.4, 0.5) is 0 Å². The highest BCUT2D eigenvalue weighted by atomic mass is 16.5. The molecule has 4 heteroatoms. The molecule has 0 N–H and O–H groups in total. The normalized spacial score (nSPS) is 21.5. The molecule has 0 saturated heterocycles. The Labute approximate surface area is 181 Å². The van der Waals surface area contributed by atoms with E-state index in [1.165, 1.54) is 30.9 Å². The van der Waals surface area contributed by atoms with Gasteiger partial charge in [-0.1, -0.05) is 38.0 Å². The number of carbonyl (C=O) groups is 2. The van der Waals surface area contributed by atoms with Crippen molar-refractivity contribution < 1.29 is 19.1 Å². The van der Waals surface area contributed by atoms with Crippen LogP contribution in [-0.2, 0) is 14.3 Å². The van der Waals surface area contributed by atoms with Crippen LogP contribution in [0, 0.1) is 11.8 Å². The summed E-state index contributed by atoms with van der Waals surface area (Å²) in [6, 6.07) is 8.39. The van der Waals surface area contributed by atoms with Crippen LogP contribution in [0.1, 0.15) is 82.1 Å². The summed E-state index contributed by atoms with van der Waals surface area (Å²) >= 11 is 0. The Morgan fingerprint density at radius 2 is 1.60 bits per heavy atom. The number of hydrogen-bond donors (Lipinski definition) is 0. The van der Waals surface area contributed by atoms with Gasteiger partial charge in [-0.05, 0) is 75.0 Å². The molecule has 0 bridgehead atoms. The van der Waals surface area contributed by atoms with Crippen molar-refractivity contribution in [3.63, 3.8) is 0 Å². The highest BCUT2D eigenvalue weighted by Crippen LogP contribution is 2.45. The van der Waals surface area contributed by atoms with Gasteiger partial charge in [0, 0.05) is 17.9 Å². The van der Waals surface area contributed by atoms with Crippen LogP contribution in [0.15, 0.2) is 36.9 Å². The van der Waals surface area contributed by atoms with Crippen LogP contribution in [-0.4, -0.2) is 25.0 Å². The van der Waals surface area contributed by atoms with E-state index in [9.17, 15) is 9.59 Å². The number of ether oxygens (including phenoxy) is 2.